The first-order valence-electron chi connectivity index (χ1n) is 12.4. The van der Waals surface area contributed by atoms with Gasteiger partial charge in [-0.25, -0.2) is 4.68 Å². The Hall–Kier alpha value is -3.32. The summed E-state index contributed by atoms with van der Waals surface area (Å²) in [6.45, 7) is 13.9. The number of pyridine rings is 1. The minimum absolute atomic E-state index is 0.0485. The van der Waals surface area contributed by atoms with Gasteiger partial charge in [0.05, 0.1) is 17.1 Å². The summed E-state index contributed by atoms with van der Waals surface area (Å²) in [7, 11) is 0. The third kappa shape index (κ3) is 5.05. The lowest BCUT2D eigenvalue weighted by atomic mass is 10.0. The van der Waals surface area contributed by atoms with Crippen LogP contribution in [0.3, 0.4) is 0 Å². The monoisotopic (exact) mass is 472 g/mol. The number of benzene rings is 2. The predicted molar refractivity (Wildman–Crippen MR) is 140 cm³/mol. The van der Waals surface area contributed by atoms with Crippen LogP contribution < -0.4 is 5.56 Å². The number of nitrogens with one attached hydrogen (secondary N) is 1. The fraction of sp³-hybridized carbons (Fsp3) is 0.429. The first-order chi connectivity index (χ1) is 16.7. The van der Waals surface area contributed by atoms with Crippen molar-refractivity contribution < 1.29 is 0 Å². The second-order valence-corrected chi connectivity index (χ2v) is 10.0. The molecule has 2 aromatic carbocycles. The molecule has 2 aromatic heterocycles. The molecular weight excluding hydrogens is 436 g/mol. The molecule has 0 aliphatic heterocycles. The number of H-pyrrole nitrogens is 1. The molecule has 4 rings (SSSR count). The number of hydrogen-bond donors (Lipinski definition) is 1. The average Bonchev–Trinajstić information content (AvgIpc) is 3.34. The molecule has 0 saturated carbocycles. The van der Waals surface area contributed by atoms with Gasteiger partial charge in [-0.3, -0.25) is 9.69 Å². The highest BCUT2D eigenvalue weighted by molar-refractivity contribution is 5.85. The van der Waals surface area contributed by atoms with Gasteiger partial charge in [0.25, 0.3) is 5.56 Å². The van der Waals surface area contributed by atoms with E-state index in [2.05, 4.69) is 90.4 Å². The van der Waals surface area contributed by atoms with Crippen molar-refractivity contribution >= 4 is 10.9 Å². The first kappa shape index (κ1) is 24.8. The van der Waals surface area contributed by atoms with Crippen LogP contribution in [0.25, 0.3) is 10.9 Å². The number of aromatic nitrogens is 5. The summed E-state index contributed by atoms with van der Waals surface area (Å²) in [4.78, 5) is 18.7. The number of aryl methyl sites for hydroxylation is 2. The van der Waals surface area contributed by atoms with Crippen LogP contribution in [-0.2, 0) is 18.6 Å². The maximum absolute atomic E-state index is 13.2. The normalized spacial score (nSPS) is 13.0. The Morgan fingerprint density at radius 3 is 2.43 bits per heavy atom. The molecule has 1 N–H and O–H groups in total. The van der Waals surface area contributed by atoms with Crippen LogP contribution in [0.2, 0.25) is 0 Å². The van der Waals surface area contributed by atoms with Crippen molar-refractivity contribution in [2.24, 2.45) is 0 Å². The number of hydrogen-bond acceptors (Lipinski definition) is 5. The van der Waals surface area contributed by atoms with Crippen LogP contribution in [0.5, 0.6) is 0 Å². The first-order valence-corrected chi connectivity index (χ1v) is 12.4. The molecule has 0 aliphatic rings. The van der Waals surface area contributed by atoms with E-state index in [1.54, 1.807) is 0 Å². The van der Waals surface area contributed by atoms with Gasteiger partial charge >= 0.3 is 0 Å². The highest BCUT2D eigenvalue weighted by Crippen LogP contribution is 2.30. The second-order valence-electron chi connectivity index (χ2n) is 10.0. The molecule has 0 bridgehead atoms. The molecule has 0 spiro atoms. The molecular formula is C28H36N6O. The number of rotatable bonds is 9. The third-order valence-electron chi connectivity index (χ3n) is 7.18. The van der Waals surface area contributed by atoms with E-state index in [0.29, 0.717) is 13.1 Å². The number of nitrogens with zero attached hydrogens (tertiary/aromatic N) is 5. The van der Waals surface area contributed by atoms with Crippen LogP contribution in [0, 0.1) is 13.8 Å². The molecule has 0 saturated heterocycles. The minimum Gasteiger partial charge on any atom is -0.321 e. The molecule has 4 aromatic rings. The number of aromatic amines is 1. The molecule has 0 radical (unpaired) electrons. The van der Waals surface area contributed by atoms with Crippen molar-refractivity contribution in [3.63, 3.8) is 0 Å². The van der Waals surface area contributed by atoms with Crippen molar-refractivity contribution in [1.29, 1.82) is 0 Å². The van der Waals surface area contributed by atoms with E-state index in [4.69, 9.17) is 0 Å². The van der Waals surface area contributed by atoms with E-state index in [9.17, 15) is 4.79 Å². The Morgan fingerprint density at radius 2 is 1.74 bits per heavy atom. The van der Waals surface area contributed by atoms with Gasteiger partial charge in [-0.2, -0.15) is 0 Å². The van der Waals surface area contributed by atoms with E-state index in [0.717, 1.165) is 46.3 Å². The van der Waals surface area contributed by atoms with Crippen molar-refractivity contribution in [2.75, 3.05) is 0 Å². The number of fused-ring (bicyclic) bond motifs is 1. The van der Waals surface area contributed by atoms with E-state index in [-0.39, 0.29) is 17.1 Å². The Morgan fingerprint density at radius 1 is 1.03 bits per heavy atom. The fourth-order valence-corrected chi connectivity index (χ4v) is 4.64. The lowest BCUT2D eigenvalue weighted by Crippen LogP contribution is -2.36. The van der Waals surface area contributed by atoms with E-state index in [1.165, 1.54) is 5.56 Å². The molecule has 35 heavy (non-hydrogen) atoms. The van der Waals surface area contributed by atoms with Crippen LogP contribution >= 0.6 is 0 Å². The fourth-order valence-electron chi connectivity index (χ4n) is 4.64. The molecule has 0 amide bonds. The predicted octanol–water partition coefficient (Wildman–Crippen LogP) is 5.43. The Balaban J connectivity index is 1.80. The third-order valence-corrected chi connectivity index (χ3v) is 7.18. The molecule has 0 fully saturated rings. The molecule has 184 valence electrons. The summed E-state index contributed by atoms with van der Waals surface area (Å²) in [5.74, 6) is 0.833. The van der Waals surface area contributed by atoms with Gasteiger partial charge in [-0.05, 0) is 73.7 Å². The van der Waals surface area contributed by atoms with Crippen LogP contribution in [-0.4, -0.2) is 30.1 Å². The minimum atomic E-state index is -0.209. The zero-order valence-corrected chi connectivity index (χ0v) is 21.7. The summed E-state index contributed by atoms with van der Waals surface area (Å²) in [5, 5.41) is 14.0. The van der Waals surface area contributed by atoms with Gasteiger partial charge < -0.3 is 4.98 Å². The van der Waals surface area contributed by atoms with E-state index < -0.39 is 0 Å². The lowest BCUT2D eigenvalue weighted by Gasteiger charge is -2.33. The van der Waals surface area contributed by atoms with Gasteiger partial charge in [-0.15, -0.1) is 5.10 Å². The quantitative estimate of drug-likeness (QED) is 0.351. The Kier molecular flexibility index (Phi) is 7.17. The zero-order chi connectivity index (χ0) is 25.2. The van der Waals surface area contributed by atoms with Gasteiger partial charge in [0.15, 0.2) is 5.82 Å². The zero-order valence-electron chi connectivity index (χ0n) is 21.7. The van der Waals surface area contributed by atoms with Crippen LogP contribution in [0.1, 0.15) is 74.7 Å². The van der Waals surface area contributed by atoms with Gasteiger partial charge in [0.2, 0.25) is 0 Å². The number of tetrazole rings is 1. The average molecular weight is 473 g/mol. The van der Waals surface area contributed by atoms with Crippen molar-refractivity contribution in [2.45, 2.75) is 79.1 Å². The highest BCUT2D eigenvalue weighted by Gasteiger charge is 2.31. The SMILES string of the molecule is CC[C@H](c1nnnn1C(C)(C)CC)N(Cc1ccccc1)Cc1cc2c(C)ccc(C)c2[nH]c1=O. The van der Waals surface area contributed by atoms with Crippen LogP contribution in [0.15, 0.2) is 53.3 Å². The summed E-state index contributed by atoms with van der Waals surface area (Å²) >= 11 is 0. The summed E-state index contributed by atoms with van der Waals surface area (Å²) < 4.78 is 1.96. The molecule has 7 heteroatoms. The molecule has 1 atom stereocenters. The van der Waals surface area contributed by atoms with E-state index in [1.807, 2.05) is 29.8 Å². The van der Waals surface area contributed by atoms with Crippen LogP contribution in [0.4, 0.5) is 0 Å². The van der Waals surface area contributed by atoms with Crippen molar-refractivity contribution in [1.82, 2.24) is 30.1 Å². The summed E-state index contributed by atoms with van der Waals surface area (Å²) in [6.07, 6.45) is 1.72. The topological polar surface area (TPSA) is 79.7 Å². The van der Waals surface area contributed by atoms with Gasteiger partial charge in [0.1, 0.15) is 0 Å². The maximum atomic E-state index is 13.2. The molecule has 7 nitrogen and oxygen atoms in total. The summed E-state index contributed by atoms with van der Waals surface area (Å²) in [5.41, 5.74) is 4.81. The van der Waals surface area contributed by atoms with E-state index >= 15 is 0 Å². The van der Waals surface area contributed by atoms with Crippen molar-refractivity contribution in [3.05, 3.63) is 87.0 Å². The lowest BCUT2D eigenvalue weighted by molar-refractivity contribution is 0.150. The second kappa shape index (κ2) is 10.1. The molecule has 2 heterocycles. The summed E-state index contributed by atoms with van der Waals surface area (Å²) in [6, 6.07) is 16.5. The smallest absolute Gasteiger partial charge is 0.252 e. The highest BCUT2D eigenvalue weighted by atomic mass is 16.1. The van der Waals surface area contributed by atoms with Gasteiger partial charge in [-0.1, -0.05) is 56.3 Å². The Labute approximate surface area is 207 Å². The molecule has 0 aliphatic carbocycles. The Bertz CT molecular complexity index is 1360. The van der Waals surface area contributed by atoms with Gasteiger partial charge in [0, 0.05) is 24.0 Å². The largest absolute Gasteiger partial charge is 0.321 e. The molecule has 0 unspecified atom stereocenters. The maximum Gasteiger partial charge on any atom is 0.252 e. The van der Waals surface area contributed by atoms with Crippen molar-refractivity contribution in [3.8, 4) is 0 Å². The standard InChI is InChI=1S/C28H36N6O/c1-7-24(26-30-31-32-34(26)28(5,6)8-2)33(17-21-12-10-9-11-13-21)18-22-16-23-19(3)14-15-20(4)25(23)29-27(22)35/h9-16,24H,7-8,17-18H2,1-6H3,(H,29,35)/t24-/m1/s1.